The lowest BCUT2D eigenvalue weighted by Gasteiger charge is -2.13. The maximum Gasteiger partial charge on any atom is 0.319 e. The van der Waals surface area contributed by atoms with E-state index >= 15 is 0 Å². The topological polar surface area (TPSA) is 70.6 Å². The number of carbonyl (C=O) groups excluding carboxylic acids is 1. The predicted molar refractivity (Wildman–Crippen MR) is 81.1 cm³/mol. The molecule has 5 heteroatoms. The standard InChI is InChI=1S/C16H20N2O3/c1-12-5-6-15(13(10-12)4-2-3-8-19)18-16(20)17-14-7-9-21-11-14/h5-6,10,14,19H,3,7-9,11H2,1H3,(H2,17,18,20). The molecule has 5 nitrogen and oxygen atoms in total. The number of amides is 2. The second kappa shape index (κ2) is 7.67. The molecule has 0 saturated carbocycles. The third kappa shape index (κ3) is 4.78. The largest absolute Gasteiger partial charge is 0.395 e. The molecule has 2 rings (SSSR count). The van der Waals surface area contributed by atoms with Gasteiger partial charge in [-0.3, -0.25) is 0 Å². The Morgan fingerprint density at radius 1 is 1.52 bits per heavy atom. The molecule has 0 aliphatic carbocycles. The summed E-state index contributed by atoms with van der Waals surface area (Å²) in [6, 6.07) is 5.49. The number of aliphatic hydroxyl groups excluding tert-OH is 1. The molecule has 1 aliphatic heterocycles. The number of aryl methyl sites for hydroxylation is 1. The van der Waals surface area contributed by atoms with Crippen LogP contribution in [0.15, 0.2) is 18.2 Å². The zero-order chi connectivity index (χ0) is 15.1. The van der Waals surface area contributed by atoms with Crippen LogP contribution < -0.4 is 10.6 Å². The van der Waals surface area contributed by atoms with Crippen molar-refractivity contribution in [3.05, 3.63) is 29.3 Å². The van der Waals surface area contributed by atoms with Crippen molar-refractivity contribution < 1.29 is 14.6 Å². The second-order valence-corrected chi connectivity index (χ2v) is 4.98. The van der Waals surface area contributed by atoms with Gasteiger partial charge in [-0.25, -0.2) is 4.79 Å². The van der Waals surface area contributed by atoms with Gasteiger partial charge in [-0.1, -0.05) is 17.9 Å². The Morgan fingerprint density at radius 3 is 3.10 bits per heavy atom. The Hall–Kier alpha value is -2.03. The van der Waals surface area contributed by atoms with Gasteiger partial charge in [-0.15, -0.1) is 0 Å². The number of benzene rings is 1. The molecule has 2 amide bonds. The molecular formula is C16H20N2O3. The monoisotopic (exact) mass is 288 g/mol. The van der Waals surface area contributed by atoms with E-state index in [1.807, 2.05) is 25.1 Å². The lowest BCUT2D eigenvalue weighted by Crippen LogP contribution is -2.38. The molecule has 112 valence electrons. The Bertz CT molecular complexity index is 554. The molecule has 1 fully saturated rings. The molecule has 1 aromatic rings. The molecule has 1 atom stereocenters. The van der Waals surface area contributed by atoms with Crippen molar-refractivity contribution in [2.24, 2.45) is 0 Å². The molecule has 0 spiro atoms. The fourth-order valence-electron chi connectivity index (χ4n) is 2.08. The number of hydrogen-bond donors (Lipinski definition) is 3. The van der Waals surface area contributed by atoms with Gasteiger partial charge in [0, 0.05) is 18.6 Å². The first-order valence-corrected chi connectivity index (χ1v) is 7.04. The van der Waals surface area contributed by atoms with E-state index in [2.05, 4.69) is 22.5 Å². The minimum atomic E-state index is -0.250. The number of anilines is 1. The molecule has 1 aromatic carbocycles. The first-order chi connectivity index (χ1) is 10.2. The summed E-state index contributed by atoms with van der Waals surface area (Å²) < 4.78 is 5.22. The van der Waals surface area contributed by atoms with Crippen LogP contribution in [0.2, 0.25) is 0 Å². The maximum absolute atomic E-state index is 12.0. The van der Waals surface area contributed by atoms with E-state index in [0.29, 0.717) is 25.3 Å². The lowest BCUT2D eigenvalue weighted by molar-refractivity contribution is 0.189. The first kappa shape index (κ1) is 15.4. The van der Waals surface area contributed by atoms with Crippen LogP contribution in [0.1, 0.15) is 24.0 Å². The number of hydrogen-bond acceptors (Lipinski definition) is 3. The molecule has 3 N–H and O–H groups in total. The Balaban J connectivity index is 2.04. The Morgan fingerprint density at radius 2 is 2.38 bits per heavy atom. The Kier molecular flexibility index (Phi) is 5.61. The van der Waals surface area contributed by atoms with Crippen LogP contribution in [0.4, 0.5) is 10.5 Å². The minimum Gasteiger partial charge on any atom is -0.395 e. The molecule has 1 unspecified atom stereocenters. The molecular weight excluding hydrogens is 268 g/mol. The van der Waals surface area contributed by atoms with Crippen molar-refractivity contribution in [2.45, 2.75) is 25.8 Å². The number of aliphatic hydroxyl groups is 1. The van der Waals surface area contributed by atoms with Gasteiger partial charge in [-0.05, 0) is 31.0 Å². The smallest absolute Gasteiger partial charge is 0.319 e. The van der Waals surface area contributed by atoms with Crippen LogP contribution in [0.3, 0.4) is 0 Å². The van der Waals surface area contributed by atoms with Gasteiger partial charge in [0.05, 0.1) is 24.9 Å². The van der Waals surface area contributed by atoms with Crippen molar-refractivity contribution in [1.29, 1.82) is 0 Å². The average molecular weight is 288 g/mol. The summed E-state index contributed by atoms with van der Waals surface area (Å²) in [5, 5.41) is 14.5. The van der Waals surface area contributed by atoms with Gasteiger partial charge in [-0.2, -0.15) is 0 Å². The molecule has 1 heterocycles. The highest BCUT2D eigenvalue weighted by Crippen LogP contribution is 2.16. The lowest BCUT2D eigenvalue weighted by atomic mass is 10.1. The van der Waals surface area contributed by atoms with Gasteiger partial charge in [0.1, 0.15) is 0 Å². The number of urea groups is 1. The fourth-order valence-corrected chi connectivity index (χ4v) is 2.08. The minimum absolute atomic E-state index is 0.0315. The van der Waals surface area contributed by atoms with Crippen molar-refractivity contribution >= 4 is 11.7 Å². The van der Waals surface area contributed by atoms with Crippen LogP contribution in [-0.2, 0) is 4.74 Å². The van der Waals surface area contributed by atoms with Crippen molar-refractivity contribution in [2.75, 3.05) is 25.1 Å². The van der Waals surface area contributed by atoms with Crippen molar-refractivity contribution in [3.63, 3.8) is 0 Å². The van der Waals surface area contributed by atoms with E-state index in [-0.39, 0.29) is 18.7 Å². The molecule has 1 saturated heterocycles. The van der Waals surface area contributed by atoms with Gasteiger partial charge >= 0.3 is 6.03 Å². The van der Waals surface area contributed by atoms with E-state index in [0.717, 1.165) is 17.5 Å². The highest BCUT2D eigenvalue weighted by atomic mass is 16.5. The summed E-state index contributed by atoms with van der Waals surface area (Å²) in [5.41, 5.74) is 2.49. The summed E-state index contributed by atoms with van der Waals surface area (Å²) in [6.45, 7) is 3.25. The molecule has 1 aliphatic rings. The fraction of sp³-hybridized carbons (Fsp3) is 0.438. The van der Waals surface area contributed by atoms with Crippen LogP contribution in [0.25, 0.3) is 0 Å². The average Bonchev–Trinajstić information content (AvgIpc) is 2.95. The van der Waals surface area contributed by atoms with Gasteiger partial charge in [0.2, 0.25) is 0 Å². The molecule has 0 radical (unpaired) electrons. The molecule has 0 bridgehead atoms. The first-order valence-electron chi connectivity index (χ1n) is 7.04. The van der Waals surface area contributed by atoms with Crippen molar-refractivity contribution in [1.82, 2.24) is 5.32 Å². The van der Waals surface area contributed by atoms with E-state index < -0.39 is 0 Å². The maximum atomic E-state index is 12.0. The number of carbonyl (C=O) groups is 1. The molecule has 21 heavy (non-hydrogen) atoms. The summed E-state index contributed by atoms with van der Waals surface area (Å²) in [6.07, 6.45) is 1.25. The zero-order valence-electron chi connectivity index (χ0n) is 12.1. The zero-order valence-corrected chi connectivity index (χ0v) is 12.1. The van der Waals surface area contributed by atoms with Crippen LogP contribution in [-0.4, -0.2) is 37.0 Å². The van der Waals surface area contributed by atoms with Gasteiger partial charge < -0.3 is 20.5 Å². The number of nitrogens with one attached hydrogen (secondary N) is 2. The normalized spacial score (nSPS) is 17.0. The highest BCUT2D eigenvalue weighted by molar-refractivity contribution is 5.91. The van der Waals surface area contributed by atoms with Gasteiger partial charge in [0.25, 0.3) is 0 Å². The summed E-state index contributed by atoms with van der Waals surface area (Å²) in [7, 11) is 0. The third-order valence-corrected chi connectivity index (χ3v) is 3.15. The van der Waals surface area contributed by atoms with Crippen molar-refractivity contribution in [3.8, 4) is 11.8 Å². The quantitative estimate of drug-likeness (QED) is 0.741. The SMILES string of the molecule is Cc1ccc(NC(=O)NC2CCOC2)c(C#CCCO)c1. The van der Waals surface area contributed by atoms with E-state index in [1.54, 1.807) is 0 Å². The summed E-state index contributed by atoms with van der Waals surface area (Å²) in [5.74, 6) is 5.85. The van der Waals surface area contributed by atoms with Crippen LogP contribution >= 0.6 is 0 Å². The van der Waals surface area contributed by atoms with Crippen LogP contribution in [0, 0.1) is 18.8 Å². The molecule has 0 aromatic heterocycles. The van der Waals surface area contributed by atoms with Crippen LogP contribution in [0.5, 0.6) is 0 Å². The van der Waals surface area contributed by atoms with Gasteiger partial charge in [0.15, 0.2) is 0 Å². The predicted octanol–water partition coefficient (Wildman–Crippen LogP) is 1.64. The highest BCUT2D eigenvalue weighted by Gasteiger charge is 2.18. The summed E-state index contributed by atoms with van der Waals surface area (Å²) in [4.78, 5) is 12.0. The third-order valence-electron chi connectivity index (χ3n) is 3.15. The van der Waals surface area contributed by atoms with E-state index in [4.69, 9.17) is 9.84 Å². The number of ether oxygens (including phenoxy) is 1. The summed E-state index contributed by atoms with van der Waals surface area (Å²) >= 11 is 0. The van der Waals surface area contributed by atoms with E-state index in [1.165, 1.54) is 0 Å². The van der Waals surface area contributed by atoms with E-state index in [9.17, 15) is 4.79 Å². The second-order valence-electron chi connectivity index (χ2n) is 4.98. The Labute approximate surface area is 124 Å². The number of rotatable bonds is 3.